The number of phosphoric ester groups is 2. The summed E-state index contributed by atoms with van der Waals surface area (Å²) in [5.74, 6) is -2.36. The minimum absolute atomic E-state index is 0.00418. The lowest BCUT2D eigenvalue weighted by atomic mass is 10.1. The van der Waals surface area contributed by atoms with Crippen molar-refractivity contribution in [1.82, 2.24) is 0 Å². The van der Waals surface area contributed by atoms with Crippen molar-refractivity contribution < 1.29 is 80.2 Å². The van der Waals surface area contributed by atoms with Gasteiger partial charge in [0.2, 0.25) is 0 Å². The van der Waals surface area contributed by atoms with Crippen LogP contribution in [0.1, 0.15) is 285 Å². The molecule has 0 spiro atoms. The largest absolute Gasteiger partial charge is 0.472 e. The first-order valence-corrected chi connectivity index (χ1v) is 43.7. The van der Waals surface area contributed by atoms with Crippen LogP contribution >= 0.6 is 15.6 Å². The molecule has 0 amide bonds. The Labute approximate surface area is 653 Å². The summed E-state index contributed by atoms with van der Waals surface area (Å²) < 4.78 is 68.5. The first-order chi connectivity index (χ1) is 52.7. The lowest BCUT2D eigenvalue weighted by Gasteiger charge is -2.21. The first kappa shape index (κ1) is 102. The van der Waals surface area contributed by atoms with E-state index in [4.69, 9.17) is 37.0 Å². The van der Waals surface area contributed by atoms with Crippen LogP contribution < -0.4 is 0 Å². The Balaban J connectivity index is 5.51. The maximum Gasteiger partial charge on any atom is 0.472 e. The normalized spacial score (nSPS) is 14.8. The Morgan fingerprint density at radius 3 is 0.787 bits per heavy atom. The molecule has 5 unspecified atom stereocenters. The number of ether oxygens (including phenoxy) is 4. The average Bonchev–Trinajstić information content (AvgIpc) is 0.901. The van der Waals surface area contributed by atoms with Gasteiger partial charge in [-0.2, -0.15) is 0 Å². The topological polar surface area (TPSA) is 237 Å². The number of hydrogen-bond acceptors (Lipinski definition) is 15. The molecule has 0 aliphatic carbocycles. The lowest BCUT2D eigenvalue weighted by Crippen LogP contribution is -2.30. The van der Waals surface area contributed by atoms with E-state index >= 15 is 0 Å². The Morgan fingerprint density at radius 2 is 0.491 bits per heavy atom. The zero-order chi connectivity index (χ0) is 78.9. The molecule has 108 heavy (non-hydrogen) atoms. The van der Waals surface area contributed by atoms with Crippen LogP contribution in [0, 0.1) is 0 Å². The number of aliphatic hydroxyl groups is 1. The van der Waals surface area contributed by atoms with E-state index in [-0.39, 0.29) is 25.7 Å². The summed E-state index contributed by atoms with van der Waals surface area (Å²) >= 11 is 0. The zero-order valence-corrected chi connectivity index (χ0v) is 68.5. The molecule has 0 saturated heterocycles. The van der Waals surface area contributed by atoms with E-state index in [1.807, 2.05) is 24.3 Å². The van der Waals surface area contributed by atoms with Crippen LogP contribution in [-0.2, 0) is 65.4 Å². The minimum atomic E-state index is -5.02. The van der Waals surface area contributed by atoms with Gasteiger partial charge in [-0.25, -0.2) is 9.13 Å². The molecule has 17 nitrogen and oxygen atoms in total. The Morgan fingerprint density at radius 1 is 0.269 bits per heavy atom. The highest BCUT2D eigenvalue weighted by molar-refractivity contribution is 7.47. The standard InChI is InChI=1S/C89H142O17P2/c1-5-9-13-17-21-25-29-33-37-40-41-44-47-50-54-58-62-66-70-74-87(92)100-79-84(105-88(93)75-71-67-63-59-55-51-45-36-32-28-24-20-16-12-8-4)81-103-107(95,96)101-77-83(90)78-102-108(97,98)104-82-85(106-89(94)76-72-68-64-60-56-52-48-43-39-35-31-27-23-19-15-11-7-3)80-99-86(91)73-69-65-61-57-53-49-46-42-38-34-30-26-22-18-14-10-6-2/h10-12,14-16,21-28,33-39,41,44-46,48-49,52,57,60-61,64,83-85,90H,5-9,13,17-20,29-32,40,42-43,47,50-51,53-56,58-59,62-63,65-82H2,1-4H3,(H,95,96)(H,97,98)/b14-10-,15-11-,16-12-,25-21-,26-22-,27-23-,28-24-,37-33-,38-34-,39-35-,44-41-,45-36-,49-46-,52-48-,61-57-,64-60-. The van der Waals surface area contributed by atoms with Gasteiger partial charge in [-0.15, -0.1) is 0 Å². The molecule has 0 aliphatic rings. The molecular formula is C89H142O17P2. The molecule has 19 heteroatoms. The van der Waals surface area contributed by atoms with Crippen LogP contribution in [0.4, 0.5) is 0 Å². The Bertz CT molecular complexity index is 2810. The molecule has 0 radical (unpaired) electrons. The predicted molar refractivity (Wildman–Crippen MR) is 445 cm³/mol. The maximum atomic E-state index is 13.1. The van der Waals surface area contributed by atoms with Gasteiger partial charge in [-0.1, -0.05) is 280 Å². The number of carbonyl (C=O) groups is 4. The van der Waals surface area contributed by atoms with E-state index in [1.54, 1.807) is 0 Å². The molecule has 0 aromatic carbocycles. The van der Waals surface area contributed by atoms with Crippen molar-refractivity contribution in [3.05, 3.63) is 194 Å². The minimum Gasteiger partial charge on any atom is -0.462 e. The van der Waals surface area contributed by atoms with Gasteiger partial charge in [0.05, 0.1) is 26.4 Å². The van der Waals surface area contributed by atoms with Crippen LogP contribution in [0.15, 0.2) is 194 Å². The highest BCUT2D eigenvalue weighted by Crippen LogP contribution is 2.45. The predicted octanol–water partition coefficient (Wildman–Crippen LogP) is 24.1. The summed E-state index contributed by atoms with van der Waals surface area (Å²) in [6.07, 6.45) is 97.1. The van der Waals surface area contributed by atoms with E-state index in [2.05, 4.69) is 198 Å². The molecule has 0 bridgehead atoms. The molecule has 0 aromatic heterocycles. The number of allylic oxidation sites excluding steroid dienone is 32. The number of carbonyl (C=O) groups excluding carboxylic acids is 4. The van der Waals surface area contributed by atoms with E-state index < -0.39 is 97.5 Å². The number of esters is 4. The summed E-state index contributed by atoms with van der Waals surface area (Å²) in [5, 5.41) is 10.7. The maximum absolute atomic E-state index is 13.1. The number of rotatable bonds is 74. The fourth-order valence-corrected chi connectivity index (χ4v) is 11.5. The Hall–Kier alpha value is -6.10. The molecule has 0 aliphatic heterocycles. The van der Waals surface area contributed by atoms with Crippen LogP contribution in [0.2, 0.25) is 0 Å². The van der Waals surface area contributed by atoms with Crippen molar-refractivity contribution in [1.29, 1.82) is 0 Å². The summed E-state index contributed by atoms with van der Waals surface area (Å²) in [7, 11) is -10.0. The van der Waals surface area contributed by atoms with Crippen molar-refractivity contribution in [2.75, 3.05) is 39.6 Å². The molecule has 0 heterocycles. The van der Waals surface area contributed by atoms with Crippen LogP contribution in [0.3, 0.4) is 0 Å². The lowest BCUT2D eigenvalue weighted by molar-refractivity contribution is -0.161. The second-order valence-electron chi connectivity index (χ2n) is 26.2. The van der Waals surface area contributed by atoms with Crippen LogP contribution in [-0.4, -0.2) is 96.7 Å². The molecule has 5 atom stereocenters. The van der Waals surface area contributed by atoms with Crippen molar-refractivity contribution >= 4 is 39.5 Å². The van der Waals surface area contributed by atoms with Crippen molar-refractivity contribution in [2.24, 2.45) is 0 Å². The first-order valence-electron chi connectivity index (χ1n) is 40.7. The van der Waals surface area contributed by atoms with Crippen molar-refractivity contribution in [2.45, 2.75) is 303 Å². The van der Waals surface area contributed by atoms with E-state index in [1.165, 1.54) is 19.3 Å². The van der Waals surface area contributed by atoms with Gasteiger partial charge in [0.25, 0.3) is 0 Å². The van der Waals surface area contributed by atoms with E-state index in [9.17, 15) is 43.2 Å². The van der Waals surface area contributed by atoms with Gasteiger partial charge in [0, 0.05) is 25.7 Å². The molecule has 0 saturated carbocycles. The van der Waals surface area contributed by atoms with Gasteiger partial charge >= 0.3 is 39.5 Å². The van der Waals surface area contributed by atoms with Gasteiger partial charge in [0.15, 0.2) is 12.2 Å². The highest BCUT2D eigenvalue weighted by Gasteiger charge is 2.30. The smallest absolute Gasteiger partial charge is 0.462 e. The quantitative estimate of drug-likeness (QED) is 0.0169. The summed E-state index contributed by atoms with van der Waals surface area (Å²) in [4.78, 5) is 73.1. The third kappa shape index (κ3) is 78.0. The second-order valence-corrected chi connectivity index (χ2v) is 29.1. The molecule has 0 aromatic rings. The zero-order valence-electron chi connectivity index (χ0n) is 66.7. The van der Waals surface area contributed by atoms with Gasteiger partial charge < -0.3 is 33.8 Å². The summed E-state index contributed by atoms with van der Waals surface area (Å²) in [5.41, 5.74) is 0. The molecular weight excluding hydrogens is 1400 g/mol. The van der Waals surface area contributed by atoms with Crippen molar-refractivity contribution in [3.63, 3.8) is 0 Å². The monoisotopic (exact) mass is 1540 g/mol. The number of unbranched alkanes of at least 4 members (excludes halogenated alkanes) is 16. The van der Waals surface area contributed by atoms with E-state index in [0.29, 0.717) is 38.5 Å². The number of hydrogen-bond donors (Lipinski definition) is 3. The Kier molecular flexibility index (Phi) is 74.5. The fourth-order valence-electron chi connectivity index (χ4n) is 9.96. The summed E-state index contributed by atoms with van der Waals surface area (Å²) in [6, 6.07) is 0. The third-order valence-electron chi connectivity index (χ3n) is 16.0. The fraction of sp³-hybridized carbons (Fsp3) is 0.596. The highest BCUT2D eigenvalue weighted by atomic mass is 31.2. The SMILES string of the molecule is CC/C=C\C/C=C\C/C=C\C/C=C\C/C=C\CCCC(=O)OCC(COP(=O)(O)OCC(O)COP(=O)(O)OCC(COC(=O)CCCCCCCC/C=C\C/C=C\C/C=C\CCCCC)OC(=O)CCCCCCC/C=C\C/C=C\C/C=C\CC)OC(=O)CCC/C=C\C/C=C\C/C=C\C/C=C\C/C=C\CC. The van der Waals surface area contributed by atoms with Gasteiger partial charge in [-0.3, -0.25) is 37.3 Å². The van der Waals surface area contributed by atoms with Gasteiger partial charge in [-0.05, 0) is 173 Å². The van der Waals surface area contributed by atoms with Crippen LogP contribution in [0.25, 0.3) is 0 Å². The van der Waals surface area contributed by atoms with Crippen LogP contribution in [0.5, 0.6) is 0 Å². The van der Waals surface area contributed by atoms with E-state index in [0.717, 1.165) is 173 Å². The number of phosphoric acid groups is 2. The molecule has 610 valence electrons. The van der Waals surface area contributed by atoms with Crippen molar-refractivity contribution in [3.8, 4) is 0 Å². The second kappa shape index (κ2) is 79.0. The molecule has 3 N–H and O–H groups in total. The molecule has 0 fully saturated rings. The average molecular weight is 1550 g/mol. The molecule has 0 rings (SSSR count). The third-order valence-corrected chi connectivity index (χ3v) is 17.9. The summed E-state index contributed by atoms with van der Waals surface area (Å²) in [6.45, 7) is 4.32. The number of aliphatic hydroxyl groups excluding tert-OH is 1. The van der Waals surface area contributed by atoms with Gasteiger partial charge in [0.1, 0.15) is 19.3 Å².